The molecule has 2 atom stereocenters. The third-order valence-corrected chi connectivity index (χ3v) is 3.76. The SMILES string of the molecule is COCCCNCC(C)N1CCN(C)C(C)C1. The summed E-state index contributed by atoms with van der Waals surface area (Å²) in [5.74, 6) is 0. The quantitative estimate of drug-likeness (QED) is 0.664. The Kier molecular flexibility index (Phi) is 7.04. The van der Waals surface area contributed by atoms with Crippen LogP contribution in [0.4, 0.5) is 0 Å². The minimum atomic E-state index is 0.633. The van der Waals surface area contributed by atoms with E-state index in [0.717, 1.165) is 26.1 Å². The van der Waals surface area contributed by atoms with Gasteiger partial charge in [-0.15, -0.1) is 0 Å². The molecular weight excluding hydrogens is 214 g/mol. The maximum absolute atomic E-state index is 5.04. The number of nitrogens with one attached hydrogen (secondary N) is 1. The van der Waals surface area contributed by atoms with Gasteiger partial charge < -0.3 is 15.0 Å². The lowest BCUT2D eigenvalue weighted by Gasteiger charge is -2.40. The summed E-state index contributed by atoms with van der Waals surface area (Å²) in [4.78, 5) is 5.03. The second kappa shape index (κ2) is 8.03. The Labute approximate surface area is 106 Å². The molecule has 0 aromatic heterocycles. The van der Waals surface area contributed by atoms with Crippen molar-refractivity contribution in [3.63, 3.8) is 0 Å². The van der Waals surface area contributed by atoms with Gasteiger partial charge >= 0.3 is 0 Å². The van der Waals surface area contributed by atoms with Crippen LogP contribution in [0.3, 0.4) is 0 Å². The molecule has 0 radical (unpaired) electrons. The Hall–Kier alpha value is -0.160. The van der Waals surface area contributed by atoms with E-state index in [9.17, 15) is 0 Å². The molecular formula is C13H29N3O. The predicted octanol–water partition coefficient (Wildman–Crippen LogP) is 0.637. The first kappa shape index (κ1) is 14.9. The molecule has 0 aromatic carbocycles. The van der Waals surface area contributed by atoms with Crippen LogP contribution >= 0.6 is 0 Å². The summed E-state index contributed by atoms with van der Waals surface area (Å²) >= 11 is 0. The lowest BCUT2D eigenvalue weighted by atomic mass is 10.1. The number of hydrogen-bond donors (Lipinski definition) is 1. The van der Waals surface area contributed by atoms with Crippen LogP contribution in [0.1, 0.15) is 20.3 Å². The number of piperazine rings is 1. The number of nitrogens with zero attached hydrogens (tertiary/aromatic N) is 2. The van der Waals surface area contributed by atoms with Crippen LogP contribution in [0.25, 0.3) is 0 Å². The summed E-state index contributed by atoms with van der Waals surface area (Å²) in [7, 11) is 3.98. The molecule has 2 unspecified atom stereocenters. The van der Waals surface area contributed by atoms with E-state index in [2.05, 4.69) is 36.0 Å². The highest BCUT2D eigenvalue weighted by atomic mass is 16.5. The minimum absolute atomic E-state index is 0.633. The molecule has 0 saturated carbocycles. The van der Waals surface area contributed by atoms with Gasteiger partial charge in [0.2, 0.25) is 0 Å². The number of hydrogen-bond acceptors (Lipinski definition) is 4. The van der Waals surface area contributed by atoms with E-state index in [1.165, 1.54) is 19.6 Å². The Morgan fingerprint density at radius 1 is 1.41 bits per heavy atom. The molecule has 17 heavy (non-hydrogen) atoms. The second-order valence-corrected chi connectivity index (χ2v) is 5.22. The zero-order valence-electron chi connectivity index (χ0n) is 11.9. The van der Waals surface area contributed by atoms with Crippen molar-refractivity contribution in [3.8, 4) is 0 Å². The first-order valence-corrected chi connectivity index (χ1v) is 6.79. The molecule has 4 nitrogen and oxygen atoms in total. The Morgan fingerprint density at radius 3 is 2.82 bits per heavy atom. The zero-order chi connectivity index (χ0) is 12.7. The smallest absolute Gasteiger partial charge is 0.0474 e. The number of ether oxygens (including phenoxy) is 1. The number of methoxy groups -OCH3 is 1. The van der Waals surface area contributed by atoms with E-state index in [0.29, 0.717) is 12.1 Å². The van der Waals surface area contributed by atoms with Crippen LogP contribution in [-0.4, -0.2) is 75.4 Å². The molecule has 0 aliphatic carbocycles. The van der Waals surface area contributed by atoms with Crippen LogP contribution in [0, 0.1) is 0 Å². The monoisotopic (exact) mass is 243 g/mol. The first-order valence-electron chi connectivity index (χ1n) is 6.79. The van der Waals surface area contributed by atoms with E-state index in [1.807, 2.05) is 0 Å². The highest BCUT2D eigenvalue weighted by Crippen LogP contribution is 2.09. The van der Waals surface area contributed by atoms with Crippen LogP contribution in [0.15, 0.2) is 0 Å². The molecule has 1 rings (SSSR count). The van der Waals surface area contributed by atoms with Gasteiger partial charge in [0.1, 0.15) is 0 Å². The van der Waals surface area contributed by atoms with Gasteiger partial charge in [-0.25, -0.2) is 0 Å². The molecule has 0 aromatic rings. The maximum atomic E-state index is 5.04. The predicted molar refractivity (Wildman–Crippen MR) is 72.5 cm³/mol. The molecule has 1 aliphatic heterocycles. The molecule has 0 bridgehead atoms. The largest absolute Gasteiger partial charge is 0.385 e. The lowest BCUT2D eigenvalue weighted by molar-refractivity contribution is 0.0771. The van der Waals surface area contributed by atoms with Crippen LogP contribution in [-0.2, 0) is 4.74 Å². The topological polar surface area (TPSA) is 27.7 Å². The summed E-state index contributed by atoms with van der Waals surface area (Å²) in [6, 6.07) is 1.31. The molecule has 4 heteroatoms. The van der Waals surface area contributed by atoms with E-state index in [1.54, 1.807) is 7.11 Å². The highest BCUT2D eigenvalue weighted by molar-refractivity contribution is 4.80. The summed E-state index contributed by atoms with van der Waals surface area (Å²) in [6.07, 6.45) is 1.10. The van der Waals surface area contributed by atoms with E-state index < -0.39 is 0 Å². The Morgan fingerprint density at radius 2 is 2.18 bits per heavy atom. The van der Waals surface area contributed by atoms with Crippen molar-refractivity contribution in [2.75, 3.05) is 53.5 Å². The van der Waals surface area contributed by atoms with Gasteiger partial charge in [0.25, 0.3) is 0 Å². The minimum Gasteiger partial charge on any atom is -0.385 e. The second-order valence-electron chi connectivity index (χ2n) is 5.22. The molecule has 102 valence electrons. The average Bonchev–Trinajstić information content (AvgIpc) is 2.32. The van der Waals surface area contributed by atoms with Gasteiger partial charge in [-0.1, -0.05) is 0 Å². The Balaban J connectivity index is 2.12. The summed E-state index contributed by atoms with van der Waals surface area (Å²) in [5.41, 5.74) is 0. The summed E-state index contributed by atoms with van der Waals surface area (Å²) < 4.78 is 5.04. The van der Waals surface area contributed by atoms with Crippen molar-refractivity contribution in [1.29, 1.82) is 0 Å². The molecule has 1 fully saturated rings. The van der Waals surface area contributed by atoms with Gasteiger partial charge in [0, 0.05) is 52.0 Å². The van der Waals surface area contributed by atoms with Crippen LogP contribution in [0.2, 0.25) is 0 Å². The zero-order valence-corrected chi connectivity index (χ0v) is 11.9. The Bertz CT molecular complexity index is 201. The van der Waals surface area contributed by atoms with Gasteiger partial charge in [-0.3, -0.25) is 4.90 Å². The third kappa shape index (κ3) is 5.34. The van der Waals surface area contributed by atoms with Crippen molar-refractivity contribution < 1.29 is 4.74 Å². The average molecular weight is 243 g/mol. The van der Waals surface area contributed by atoms with E-state index in [-0.39, 0.29) is 0 Å². The summed E-state index contributed by atoms with van der Waals surface area (Å²) in [6.45, 7) is 11.2. The fourth-order valence-corrected chi connectivity index (χ4v) is 2.26. The molecule has 1 heterocycles. The van der Waals surface area contributed by atoms with Crippen molar-refractivity contribution in [2.24, 2.45) is 0 Å². The van der Waals surface area contributed by atoms with Crippen LogP contribution in [0.5, 0.6) is 0 Å². The first-order chi connectivity index (χ1) is 8.15. The van der Waals surface area contributed by atoms with Crippen molar-refractivity contribution in [3.05, 3.63) is 0 Å². The van der Waals surface area contributed by atoms with Gasteiger partial charge in [-0.05, 0) is 33.9 Å². The summed E-state index contributed by atoms with van der Waals surface area (Å²) in [5, 5.41) is 3.51. The number of likely N-dealkylation sites (N-methyl/N-ethyl adjacent to an activating group) is 1. The van der Waals surface area contributed by atoms with Crippen molar-refractivity contribution >= 4 is 0 Å². The molecule has 1 aliphatic rings. The fraction of sp³-hybridized carbons (Fsp3) is 1.00. The van der Waals surface area contributed by atoms with E-state index in [4.69, 9.17) is 4.74 Å². The molecule has 0 amide bonds. The fourth-order valence-electron chi connectivity index (χ4n) is 2.26. The third-order valence-electron chi connectivity index (χ3n) is 3.76. The van der Waals surface area contributed by atoms with Crippen molar-refractivity contribution in [1.82, 2.24) is 15.1 Å². The lowest BCUT2D eigenvalue weighted by Crippen LogP contribution is -2.54. The van der Waals surface area contributed by atoms with Gasteiger partial charge in [-0.2, -0.15) is 0 Å². The van der Waals surface area contributed by atoms with Crippen LogP contribution < -0.4 is 5.32 Å². The van der Waals surface area contributed by atoms with Gasteiger partial charge in [0.05, 0.1) is 0 Å². The normalized spacial score (nSPS) is 25.1. The van der Waals surface area contributed by atoms with E-state index >= 15 is 0 Å². The molecule has 1 saturated heterocycles. The standard InChI is InChI=1S/C13H29N3O/c1-12(10-14-6-5-9-17-4)16-8-7-15(3)13(2)11-16/h12-14H,5-11H2,1-4H3. The number of rotatable bonds is 7. The molecule has 0 spiro atoms. The highest BCUT2D eigenvalue weighted by Gasteiger charge is 2.23. The van der Waals surface area contributed by atoms with Crippen molar-refractivity contribution in [2.45, 2.75) is 32.4 Å². The molecule has 1 N–H and O–H groups in total. The maximum Gasteiger partial charge on any atom is 0.0474 e. The van der Waals surface area contributed by atoms with Gasteiger partial charge in [0.15, 0.2) is 0 Å².